The average molecular weight is 464 g/mol. The highest BCUT2D eigenvalue weighted by atomic mass is 16.5. The predicted molar refractivity (Wildman–Crippen MR) is 129 cm³/mol. The Bertz CT molecular complexity index is 1150. The first kappa shape index (κ1) is 23.7. The molecule has 1 aliphatic carbocycles. The molecule has 0 aliphatic heterocycles. The van der Waals surface area contributed by atoms with Crippen LogP contribution in [0.5, 0.6) is 5.75 Å². The smallest absolute Gasteiger partial charge is 0.265 e. The molecule has 4 rings (SSSR count). The summed E-state index contributed by atoms with van der Waals surface area (Å²) >= 11 is 0. The summed E-state index contributed by atoms with van der Waals surface area (Å²) in [4.78, 5) is 16.8. The molecule has 1 aliphatic rings. The molecule has 0 bridgehead atoms. The zero-order chi connectivity index (χ0) is 24.2. The number of nitrogens with one attached hydrogen (secondary N) is 1. The van der Waals surface area contributed by atoms with E-state index < -0.39 is 0 Å². The number of methoxy groups -OCH3 is 1. The molecule has 0 unspecified atom stereocenters. The highest BCUT2D eigenvalue weighted by Gasteiger charge is 2.32. The van der Waals surface area contributed by atoms with E-state index in [2.05, 4.69) is 47.3 Å². The van der Waals surface area contributed by atoms with Crippen LogP contribution in [0, 0.1) is 23.7 Å². The second kappa shape index (κ2) is 10.2. The van der Waals surface area contributed by atoms with Crippen molar-refractivity contribution in [1.82, 2.24) is 25.1 Å². The number of benzene rings is 1. The summed E-state index contributed by atoms with van der Waals surface area (Å²) in [7, 11) is 3.52. The molecular formula is C26H33N5O3. The van der Waals surface area contributed by atoms with Crippen molar-refractivity contribution >= 4 is 5.91 Å². The zero-order valence-electron chi connectivity index (χ0n) is 20.5. The molecule has 1 aromatic carbocycles. The number of hydrogen-bond acceptors (Lipinski definition) is 6. The van der Waals surface area contributed by atoms with Crippen LogP contribution in [0.2, 0.25) is 0 Å². The van der Waals surface area contributed by atoms with Crippen molar-refractivity contribution in [3.05, 3.63) is 59.9 Å². The minimum atomic E-state index is -0.0631. The molecule has 8 nitrogen and oxygen atoms in total. The van der Waals surface area contributed by atoms with Crippen LogP contribution in [0.3, 0.4) is 0 Å². The maximum Gasteiger partial charge on any atom is 0.265 e. The Hall–Kier alpha value is -3.42. The van der Waals surface area contributed by atoms with E-state index in [4.69, 9.17) is 9.15 Å². The van der Waals surface area contributed by atoms with E-state index in [0.29, 0.717) is 48.1 Å². The number of carbonyl (C=O) groups is 1. The number of rotatable bonds is 8. The van der Waals surface area contributed by atoms with Crippen LogP contribution in [0.15, 0.2) is 52.9 Å². The second-order valence-electron chi connectivity index (χ2n) is 9.45. The average Bonchev–Trinajstić information content (AvgIpc) is 3.47. The van der Waals surface area contributed by atoms with E-state index in [9.17, 15) is 4.79 Å². The number of aryl methyl sites for hydroxylation is 1. The topological polar surface area (TPSA) is 95.1 Å². The molecule has 2 heterocycles. The fraction of sp³-hybridized carbons (Fsp3) is 0.462. The zero-order valence-corrected chi connectivity index (χ0v) is 20.5. The Labute approximate surface area is 200 Å². The fourth-order valence-electron chi connectivity index (χ4n) is 4.78. The van der Waals surface area contributed by atoms with Crippen LogP contribution in [0.25, 0.3) is 11.6 Å². The first-order valence-electron chi connectivity index (χ1n) is 11.7. The van der Waals surface area contributed by atoms with Gasteiger partial charge >= 0.3 is 0 Å². The van der Waals surface area contributed by atoms with Crippen molar-refractivity contribution in [2.75, 3.05) is 13.7 Å². The monoisotopic (exact) mass is 463 g/mol. The van der Waals surface area contributed by atoms with Gasteiger partial charge in [0.25, 0.3) is 11.8 Å². The van der Waals surface area contributed by atoms with Crippen molar-refractivity contribution in [2.45, 2.75) is 33.6 Å². The third kappa shape index (κ3) is 5.21. The third-order valence-corrected chi connectivity index (χ3v) is 6.86. The van der Waals surface area contributed by atoms with Gasteiger partial charge in [0, 0.05) is 25.6 Å². The fourth-order valence-corrected chi connectivity index (χ4v) is 4.78. The number of aromatic nitrogens is 4. The van der Waals surface area contributed by atoms with Gasteiger partial charge in [0.1, 0.15) is 11.4 Å². The molecule has 0 spiro atoms. The standard InChI is InChI=1S/C26H33N5O3/c1-16(2)22-11-19(12-24-29-30-26(34-24)23-14-27-15-31(23)4)17(3)10-20(22)13-28-25(32)18-6-8-21(33-5)9-7-18/h6-10,14-16,19-20,22H,11-13H2,1-5H3,(H,28,32)/t19-,20-,22-/m0/s1. The van der Waals surface area contributed by atoms with Gasteiger partial charge in [0.05, 0.1) is 19.6 Å². The molecule has 1 amide bonds. The highest BCUT2D eigenvalue weighted by molar-refractivity contribution is 5.94. The lowest BCUT2D eigenvalue weighted by atomic mass is 9.70. The molecule has 2 aromatic heterocycles. The molecule has 0 radical (unpaired) electrons. The maximum atomic E-state index is 12.7. The minimum Gasteiger partial charge on any atom is -0.497 e. The van der Waals surface area contributed by atoms with Crippen molar-refractivity contribution in [3.8, 4) is 17.3 Å². The van der Waals surface area contributed by atoms with Crippen LogP contribution in [0.4, 0.5) is 0 Å². The van der Waals surface area contributed by atoms with Gasteiger partial charge in [-0.25, -0.2) is 4.98 Å². The maximum absolute atomic E-state index is 12.7. The van der Waals surface area contributed by atoms with Gasteiger partial charge in [0.15, 0.2) is 0 Å². The molecule has 0 saturated carbocycles. The number of nitrogens with zero attached hydrogens (tertiary/aromatic N) is 4. The van der Waals surface area contributed by atoms with E-state index in [1.807, 2.05) is 11.6 Å². The molecule has 3 aromatic rings. The lowest BCUT2D eigenvalue weighted by Crippen LogP contribution is -2.37. The molecule has 34 heavy (non-hydrogen) atoms. The van der Waals surface area contributed by atoms with Crippen LogP contribution >= 0.6 is 0 Å². The largest absolute Gasteiger partial charge is 0.497 e. The van der Waals surface area contributed by atoms with Crippen molar-refractivity contribution in [2.24, 2.45) is 30.7 Å². The number of allylic oxidation sites excluding steroid dienone is 1. The summed E-state index contributed by atoms with van der Waals surface area (Å²) in [5.41, 5.74) is 2.75. The summed E-state index contributed by atoms with van der Waals surface area (Å²) < 4.78 is 13.0. The quantitative estimate of drug-likeness (QED) is 0.500. The summed E-state index contributed by atoms with van der Waals surface area (Å²) in [6, 6.07) is 7.18. The van der Waals surface area contributed by atoms with E-state index in [0.717, 1.165) is 17.9 Å². The Kier molecular flexibility index (Phi) is 7.14. The van der Waals surface area contributed by atoms with Crippen LogP contribution in [-0.4, -0.2) is 39.3 Å². The molecule has 0 saturated heterocycles. The van der Waals surface area contributed by atoms with E-state index >= 15 is 0 Å². The third-order valence-electron chi connectivity index (χ3n) is 6.86. The van der Waals surface area contributed by atoms with E-state index in [-0.39, 0.29) is 11.8 Å². The van der Waals surface area contributed by atoms with E-state index in [1.54, 1.807) is 43.9 Å². The molecule has 1 N–H and O–H groups in total. The minimum absolute atomic E-state index is 0.0631. The van der Waals surface area contributed by atoms with Crippen molar-refractivity contribution in [1.29, 1.82) is 0 Å². The van der Waals surface area contributed by atoms with Gasteiger partial charge < -0.3 is 19.0 Å². The van der Waals surface area contributed by atoms with E-state index in [1.165, 1.54) is 5.57 Å². The van der Waals surface area contributed by atoms with Gasteiger partial charge in [-0.2, -0.15) is 0 Å². The van der Waals surface area contributed by atoms with Gasteiger partial charge in [-0.3, -0.25) is 4.79 Å². The summed E-state index contributed by atoms with van der Waals surface area (Å²) in [5.74, 6) is 3.36. The first-order valence-corrected chi connectivity index (χ1v) is 11.7. The van der Waals surface area contributed by atoms with Gasteiger partial charge in [-0.05, 0) is 61.3 Å². The molecule has 8 heteroatoms. The number of carbonyl (C=O) groups excluding carboxylic acids is 1. The van der Waals surface area contributed by atoms with Crippen molar-refractivity contribution in [3.63, 3.8) is 0 Å². The van der Waals surface area contributed by atoms with Crippen LogP contribution in [-0.2, 0) is 13.5 Å². The first-order chi connectivity index (χ1) is 16.4. The normalized spacial score (nSPS) is 20.3. The summed E-state index contributed by atoms with van der Waals surface area (Å²) in [5, 5.41) is 11.6. The Morgan fingerprint density at radius 1 is 1.26 bits per heavy atom. The molecule has 3 atom stereocenters. The highest BCUT2D eigenvalue weighted by Crippen LogP contribution is 2.38. The molecule has 0 fully saturated rings. The number of hydrogen-bond donors (Lipinski definition) is 1. The van der Waals surface area contributed by atoms with Gasteiger partial charge in [0.2, 0.25) is 5.89 Å². The van der Waals surface area contributed by atoms with Crippen molar-refractivity contribution < 1.29 is 13.9 Å². The Balaban J connectivity index is 1.42. The number of amides is 1. The predicted octanol–water partition coefficient (Wildman–Crippen LogP) is 4.31. The Morgan fingerprint density at radius 2 is 2.03 bits per heavy atom. The van der Waals surface area contributed by atoms with Gasteiger partial charge in [-0.1, -0.05) is 25.5 Å². The number of imidazole rings is 1. The molecular weight excluding hydrogens is 430 g/mol. The van der Waals surface area contributed by atoms with Crippen LogP contribution in [0.1, 0.15) is 43.4 Å². The summed E-state index contributed by atoms with van der Waals surface area (Å²) in [6.45, 7) is 7.28. The Morgan fingerprint density at radius 3 is 2.68 bits per heavy atom. The lowest BCUT2D eigenvalue weighted by molar-refractivity contribution is 0.0939. The SMILES string of the molecule is COc1ccc(C(=O)NC[C@@H]2C=C(C)[C@H](Cc3nnc(-c4cncn4C)o3)C[C@H]2C(C)C)cc1. The van der Waals surface area contributed by atoms with Crippen LogP contribution < -0.4 is 10.1 Å². The van der Waals surface area contributed by atoms with Gasteiger partial charge in [-0.15, -0.1) is 10.2 Å². The second-order valence-corrected chi connectivity index (χ2v) is 9.45. The summed E-state index contributed by atoms with van der Waals surface area (Å²) in [6.07, 6.45) is 7.50. The molecule has 180 valence electrons. The lowest BCUT2D eigenvalue weighted by Gasteiger charge is -2.37. The number of ether oxygens (including phenoxy) is 1.